The molecular formula is C17H21FN2. The fourth-order valence-corrected chi connectivity index (χ4v) is 2.37. The lowest BCUT2D eigenvalue weighted by molar-refractivity contribution is 0.467. The molecule has 0 saturated carbocycles. The molecule has 2 rings (SSSR count). The molecule has 0 saturated heterocycles. The minimum absolute atomic E-state index is 0.107. The van der Waals surface area contributed by atoms with Crippen LogP contribution in [0.5, 0.6) is 0 Å². The molecule has 0 bridgehead atoms. The average molecular weight is 272 g/mol. The number of benzene rings is 2. The Labute approximate surface area is 119 Å². The van der Waals surface area contributed by atoms with Crippen molar-refractivity contribution in [2.24, 2.45) is 5.84 Å². The first-order valence-corrected chi connectivity index (χ1v) is 7.03. The van der Waals surface area contributed by atoms with Gasteiger partial charge in [-0.05, 0) is 42.9 Å². The number of nitrogens with two attached hydrogens (primary N) is 1. The molecule has 0 fully saturated rings. The van der Waals surface area contributed by atoms with E-state index in [2.05, 4.69) is 17.6 Å². The molecule has 0 amide bonds. The van der Waals surface area contributed by atoms with Gasteiger partial charge in [-0.25, -0.2) is 4.39 Å². The Bertz CT molecular complexity index is 513. The minimum atomic E-state index is -0.157. The van der Waals surface area contributed by atoms with Crippen molar-refractivity contribution in [3.63, 3.8) is 0 Å². The van der Waals surface area contributed by atoms with Gasteiger partial charge in [-0.1, -0.05) is 48.5 Å². The monoisotopic (exact) mass is 272 g/mol. The van der Waals surface area contributed by atoms with E-state index in [1.165, 1.54) is 11.6 Å². The van der Waals surface area contributed by atoms with E-state index < -0.39 is 0 Å². The van der Waals surface area contributed by atoms with E-state index in [9.17, 15) is 4.39 Å². The predicted molar refractivity (Wildman–Crippen MR) is 80.6 cm³/mol. The zero-order chi connectivity index (χ0) is 14.2. The molecule has 0 aliphatic carbocycles. The molecule has 2 nitrogen and oxygen atoms in total. The zero-order valence-corrected chi connectivity index (χ0v) is 11.6. The van der Waals surface area contributed by atoms with E-state index in [1.807, 2.05) is 30.3 Å². The Morgan fingerprint density at radius 3 is 2.40 bits per heavy atom. The number of nitrogens with one attached hydrogen (secondary N) is 1. The Morgan fingerprint density at radius 2 is 1.70 bits per heavy atom. The van der Waals surface area contributed by atoms with Gasteiger partial charge in [0, 0.05) is 6.04 Å². The molecular weight excluding hydrogens is 251 g/mol. The first-order valence-electron chi connectivity index (χ1n) is 7.03. The summed E-state index contributed by atoms with van der Waals surface area (Å²) < 4.78 is 13.6. The van der Waals surface area contributed by atoms with Crippen molar-refractivity contribution in [1.29, 1.82) is 0 Å². The van der Waals surface area contributed by atoms with Crippen LogP contribution in [0, 0.1) is 5.82 Å². The Balaban J connectivity index is 1.82. The second-order valence-corrected chi connectivity index (χ2v) is 5.04. The first-order chi connectivity index (χ1) is 9.79. The van der Waals surface area contributed by atoms with Gasteiger partial charge in [0.15, 0.2) is 0 Å². The Hall–Kier alpha value is -1.71. The van der Waals surface area contributed by atoms with E-state index in [0.29, 0.717) is 6.42 Å². The highest BCUT2D eigenvalue weighted by Gasteiger charge is 2.10. The summed E-state index contributed by atoms with van der Waals surface area (Å²) in [6, 6.07) is 17.4. The highest BCUT2D eigenvalue weighted by molar-refractivity contribution is 5.18. The van der Waals surface area contributed by atoms with Crippen LogP contribution in [0.3, 0.4) is 0 Å². The number of hydrogen-bond acceptors (Lipinski definition) is 2. The van der Waals surface area contributed by atoms with Gasteiger partial charge in [-0.15, -0.1) is 0 Å². The van der Waals surface area contributed by atoms with Crippen LogP contribution in [0.1, 0.15) is 24.0 Å². The molecule has 0 radical (unpaired) electrons. The fourth-order valence-electron chi connectivity index (χ4n) is 2.37. The summed E-state index contributed by atoms with van der Waals surface area (Å²) in [4.78, 5) is 0. The van der Waals surface area contributed by atoms with E-state index >= 15 is 0 Å². The standard InChI is InChI=1S/C17H21FN2/c18-17-12-5-4-10-15(17)13-16(20-19)11-6-9-14-7-2-1-3-8-14/h1-5,7-8,10,12,16,20H,6,9,11,13,19H2. The van der Waals surface area contributed by atoms with Gasteiger partial charge in [0.1, 0.15) is 5.82 Å². The maximum absolute atomic E-state index is 13.6. The molecule has 0 aromatic heterocycles. The first kappa shape index (κ1) is 14.7. The van der Waals surface area contributed by atoms with Crippen molar-refractivity contribution in [2.75, 3.05) is 0 Å². The van der Waals surface area contributed by atoms with Gasteiger partial charge < -0.3 is 0 Å². The summed E-state index contributed by atoms with van der Waals surface area (Å²) in [6.07, 6.45) is 3.61. The quantitative estimate of drug-likeness (QED) is 0.600. The average Bonchev–Trinajstić information content (AvgIpc) is 2.49. The third-order valence-corrected chi connectivity index (χ3v) is 3.52. The molecule has 0 aliphatic heterocycles. The van der Waals surface area contributed by atoms with E-state index in [4.69, 9.17) is 5.84 Å². The molecule has 2 aromatic carbocycles. The lowest BCUT2D eigenvalue weighted by Gasteiger charge is -2.16. The molecule has 0 aliphatic rings. The largest absolute Gasteiger partial charge is 0.271 e. The minimum Gasteiger partial charge on any atom is -0.271 e. The van der Waals surface area contributed by atoms with Gasteiger partial charge in [0.25, 0.3) is 0 Å². The number of hydrogen-bond donors (Lipinski definition) is 2. The fraction of sp³-hybridized carbons (Fsp3) is 0.294. The van der Waals surface area contributed by atoms with Crippen LogP contribution in [-0.4, -0.2) is 6.04 Å². The molecule has 0 spiro atoms. The normalized spacial score (nSPS) is 12.3. The maximum Gasteiger partial charge on any atom is 0.126 e. The second kappa shape index (κ2) is 7.78. The summed E-state index contributed by atoms with van der Waals surface area (Å²) in [5.41, 5.74) is 4.84. The molecule has 0 heterocycles. The Kier molecular flexibility index (Phi) is 5.71. The van der Waals surface area contributed by atoms with Crippen molar-refractivity contribution < 1.29 is 4.39 Å². The van der Waals surface area contributed by atoms with Gasteiger partial charge in [-0.2, -0.15) is 0 Å². The van der Waals surface area contributed by atoms with Crippen molar-refractivity contribution in [1.82, 2.24) is 5.43 Å². The molecule has 1 unspecified atom stereocenters. The zero-order valence-electron chi connectivity index (χ0n) is 11.6. The van der Waals surface area contributed by atoms with Crippen LogP contribution in [-0.2, 0) is 12.8 Å². The topological polar surface area (TPSA) is 38.0 Å². The lowest BCUT2D eigenvalue weighted by atomic mass is 9.99. The van der Waals surface area contributed by atoms with Crippen LogP contribution in [0.25, 0.3) is 0 Å². The van der Waals surface area contributed by atoms with Gasteiger partial charge >= 0.3 is 0 Å². The smallest absolute Gasteiger partial charge is 0.126 e. The maximum atomic E-state index is 13.6. The van der Waals surface area contributed by atoms with Crippen LogP contribution in [0.15, 0.2) is 54.6 Å². The van der Waals surface area contributed by atoms with Crippen LogP contribution < -0.4 is 11.3 Å². The van der Waals surface area contributed by atoms with Crippen molar-refractivity contribution in [3.05, 3.63) is 71.5 Å². The highest BCUT2D eigenvalue weighted by Crippen LogP contribution is 2.13. The molecule has 1 atom stereocenters. The molecule has 2 aromatic rings. The van der Waals surface area contributed by atoms with Crippen molar-refractivity contribution >= 4 is 0 Å². The van der Waals surface area contributed by atoms with Crippen molar-refractivity contribution in [3.8, 4) is 0 Å². The SMILES string of the molecule is NNC(CCCc1ccccc1)Cc1ccccc1F. The number of hydrazine groups is 1. The lowest BCUT2D eigenvalue weighted by Crippen LogP contribution is -2.37. The third kappa shape index (κ3) is 4.44. The molecule has 3 heteroatoms. The van der Waals surface area contributed by atoms with E-state index in [1.54, 1.807) is 6.07 Å². The van der Waals surface area contributed by atoms with Crippen molar-refractivity contribution in [2.45, 2.75) is 31.7 Å². The molecule has 3 N–H and O–H groups in total. The predicted octanol–water partition coefficient (Wildman–Crippen LogP) is 3.22. The summed E-state index contributed by atoms with van der Waals surface area (Å²) in [5, 5.41) is 0. The summed E-state index contributed by atoms with van der Waals surface area (Å²) in [6.45, 7) is 0. The second-order valence-electron chi connectivity index (χ2n) is 5.04. The highest BCUT2D eigenvalue weighted by atomic mass is 19.1. The Morgan fingerprint density at radius 1 is 1.00 bits per heavy atom. The van der Waals surface area contributed by atoms with Crippen LogP contribution >= 0.6 is 0 Å². The van der Waals surface area contributed by atoms with Gasteiger partial charge in [0.2, 0.25) is 0 Å². The van der Waals surface area contributed by atoms with Crippen LogP contribution in [0.4, 0.5) is 4.39 Å². The third-order valence-electron chi connectivity index (χ3n) is 3.52. The molecule has 20 heavy (non-hydrogen) atoms. The molecule has 106 valence electrons. The van der Waals surface area contributed by atoms with E-state index in [-0.39, 0.29) is 11.9 Å². The van der Waals surface area contributed by atoms with Crippen LogP contribution in [0.2, 0.25) is 0 Å². The summed E-state index contributed by atoms with van der Waals surface area (Å²) >= 11 is 0. The summed E-state index contributed by atoms with van der Waals surface area (Å²) in [5.74, 6) is 5.42. The summed E-state index contributed by atoms with van der Waals surface area (Å²) in [7, 11) is 0. The number of halogens is 1. The van der Waals surface area contributed by atoms with E-state index in [0.717, 1.165) is 24.8 Å². The van der Waals surface area contributed by atoms with Gasteiger partial charge in [-0.3, -0.25) is 11.3 Å². The number of rotatable bonds is 7. The van der Waals surface area contributed by atoms with Gasteiger partial charge in [0.05, 0.1) is 0 Å². The number of aryl methyl sites for hydroxylation is 1.